The lowest BCUT2D eigenvalue weighted by Crippen LogP contribution is -2.11. The van der Waals surface area contributed by atoms with Crippen LogP contribution in [-0.4, -0.2) is 0 Å². The quantitative estimate of drug-likeness (QED) is 0.184. The Bertz CT molecular complexity index is 2850. The van der Waals surface area contributed by atoms with Crippen molar-refractivity contribution >= 4 is 82.1 Å². The summed E-state index contributed by atoms with van der Waals surface area (Å²) in [6.45, 7) is 0. The van der Waals surface area contributed by atoms with Crippen molar-refractivity contribution in [1.82, 2.24) is 0 Å². The SMILES string of the molecule is c1ccc(-c2ccccc2N(c2ccc3c(ccc4ccc5ccccc5c43)c2)c2ccc3ccc4oc5ccccc5c4c3c2)cc1. The summed E-state index contributed by atoms with van der Waals surface area (Å²) in [7, 11) is 0. The van der Waals surface area contributed by atoms with Crippen molar-refractivity contribution in [2.75, 3.05) is 4.90 Å². The van der Waals surface area contributed by atoms with Crippen LogP contribution < -0.4 is 4.90 Å². The first-order valence-electron chi connectivity index (χ1n) is 16.4. The first-order chi connectivity index (χ1) is 23.8. The molecule has 0 spiro atoms. The molecule has 224 valence electrons. The number of anilines is 3. The lowest BCUT2D eigenvalue weighted by atomic mass is 9.95. The summed E-state index contributed by atoms with van der Waals surface area (Å²) in [4.78, 5) is 2.41. The van der Waals surface area contributed by atoms with Crippen molar-refractivity contribution in [2.24, 2.45) is 0 Å². The third-order valence-electron chi connectivity index (χ3n) is 9.80. The predicted octanol–water partition coefficient (Wildman–Crippen LogP) is 13.3. The van der Waals surface area contributed by atoms with Crippen LogP contribution in [-0.2, 0) is 0 Å². The van der Waals surface area contributed by atoms with Crippen LogP contribution in [0.15, 0.2) is 180 Å². The average molecular weight is 612 g/mol. The zero-order valence-electron chi connectivity index (χ0n) is 26.1. The third kappa shape index (κ3) is 4.13. The normalized spacial score (nSPS) is 11.8. The van der Waals surface area contributed by atoms with Crippen molar-refractivity contribution in [1.29, 1.82) is 0 Å². The summed E-state index contributed by atoms with van der Waals surface area (Å²) in [6.07, 6.45) is 0. The van der Waals surface area contributed by atoms with Crippen molar-refractivity contribution < 1.29 is 4.42 Å². The molecule has 2 heteroatoms. The fourth-order valence-electron chi connectivity index (χ4n) is 7.59. The Kier molecular flexibility index (Phi) is 5.91. The molecule has 2 nitrogen and oxygen atoms in total. The maximum atomic E-state index is 6.31. The molecule has 10 aromatic rings. The summed E-state index contributed by atoms with van der Waals surface area (Å²) < 4.78 is 6.31. The van der Waals surface area contributed by atoms with Gasteiger partial charge in [-0.15, -0.1) is 0 Å². The molecule has 0 aliphatic carbocycles. The Balaban J connectivity index is 1.26. The van der Waals surface area contributed by atoms with E-state index >= 15 is 0 Å². The Morgan fingerprint density at radius 2 is 0.979 bits per heavy atom. The van der Waals surface area contributed by atoms with E-state index in [1.807, 2.05) is 6.07 Å². The lowest BCUT2D eigenvalue weighted by Gasteiger charge is -2.28. The van der Waals surface area contributed by atoms with Gasteiger partial charge in [-0.1, -0.05) is 133 Å². The molecule has 0 saturated carbocycles. The first kappa shape index (κ1) is 26.8. The fraction of sp³-hybridized carbons (Fsp3) is 0. The zero-order chi connectivity index (χ0) is 31.6. The summed E-state index contributed by atoms with van der Waals surface area (Å²) >= 11 is 0. The second-order valence-corrected chi connectivity index (χ2v) is 12.5. The molecule has 0 bridgehead atoms. The van der Waals surface area contributed by atoms with Gasteiger partial charge < -0.3 is 9.32 Å². The highest BCUT2D eigenvalue weighted by Gasteiger charge is 2.20. The highest BCUT2D eigenvalue weighted by Crippen LogP contribution is 2.44. The molecular weight excluding hydrogens is 583 g/mol. The van der Waals surface area contributed by atoms with Gasteiger partial charge in [-0.2, -0.15) is 0 Å². The monoisotopic (exact) mass is 611 g/mol. The van der Waals surface area contributed by atoms with Gasteiger partial charge >= 0.3 is 0 Å². The van der Waals surface area contributed by atoms with E-state index in [1.54, 1.807) is 0 Å². The van der Waals surface area contributed by atoms with Crippen LogP contribution >= 0.6 is 0 Å². The first-order valence-corrected chi connectivity index (χ1v) is 16.4. The van der Waals surface area contributed by atoms with Gasteiger partial charge in [0.2, 0.25) is 0 Å². The highest BCUT2D eigenvalue weighted by molar-refractivity contribution is 6.21. The average Bonchev–Trinajstić information content (AvgIpc) is 3.54. The Morgan fingerprint density at radius 1 is 0.354 bits per heavy atom. The number of fused-ring (bicyclic) bond motifs is 10. The van der Waals surface area contributed by atoms with Crippen LogP contribution in [0.2, 0.25) is 0 Å². The van der Waals surface area contributed by atoms with Crippen molar-refractivity contribution in [3.05, 3.63) is 176 Å². The summed E-state index contributed by atoms with van der Waals surface area (Å²) in [6, 6.07) is 63.4. The number of hydrogen-bond donors (Lipinski definition) is 0. The van der Waals surface area contributed by atoms with E-state index in [1.165, 1.54) is 54.2 Å². The van der Waals surface area contributed by atoms with Crippen LogP contribution in [0.1, 0.15) is 0 Å². The molecule has 9 aromatic carbocycles. The molecule has 0 aliphatic rings. The number of furan rings is 1. The van der Waals surface area contributed by atoms with Crippen LogP contribution in [0.25, 0.3) is 76.2 Å². The Hall–Kier alpha value is -6.38. The van der Waals surface area contributed by atoms with Gasteiger partial charge in [0.1, 0.15) is 11.2 Å². The van der Waals surface area contributed by atoms with Gasteiger partial charge in [-0.25, -0.2) is 0 Å². The molecule has 0 unspecified atom stereocenters. The topological polar surface area (TPSA) is 16.4 Å². The number of nitrogens with zero attached hydrogens (tertiary/aromatic N) is 1. The van der Waals surface area contributed by atoms with E-state index in [0.717, 1.165) is 39.0 Å². The van der Waals surface area contributed by atoms with Gasteiger partial charge in [0, 0.05) is 27.7 Å². The molecule has 1 aromatic heterocycles. The summed E-state index contributed by atoms with van der Waals surface area (Å²) in [5.74, 6) is 0. The maximum absolute atomic E-state index is 6.31. The summed E-state index contributed by atoms with van der Waals surface area (Å²) in [5, 5.41) is 12.2. The van der Waals surface area contributed by atoms with Crippen molar-refractivity contribution in [2.45, 2.75) is 0 Å². The van der Waals surface area contributed by atoms with E-state index < -0.39 is 0 Å². The molecule has 1 heterocycles. The summed E-state index contributed by atoms with van der Waals surface area (Å²) in [5.41, 5.74) is 7.49. The molecule has 0 saturated heterocycles. The minimum absolute atomic E-state index is 0.905. The van der Waals surface area contributed by atoms with Gasteiger partial charge in [-0.3, -0.25) is 0 Å². The maximum Gasteiger partial charge on any atom is 0.136 e. The van der Waals surface area contributed by atoms with E-state index in [-0.39, 0.29) is 0 Å². The third-order valence-corrected chi connectivity index (χ3v) is 9.80. The fourth-order valence-corrected chi connectivity index (χ4v) is 7.59. The number of para-hydroxylation sites is 2. The molecular formula is C46H29NO. The second kappa shape index (κ2) is 10.6. The van der Waals surface area contributed by atoms with E-state index in [0.29, 0.717) is 0 Å². The van der Waals surface area contributed by atoms with Crippen LogP contribution in [0.4, 0.5) is 17.1 Å². The molecule has 0 atom stereocenters. The predicted molar refractivity (Wildman–Crippen MR) is 204 cm³/mol. The minimum Gasteiger partial charge on any atom is -0.456 e. The van der Waals surface area contributed by atoms with Crippen molar-refractivity contribution in [3.8, 4) is 11.1 Å². The molecule has 0 fully saturated rings. The molecule has 0 radical (unpaired) electrons. The van der Waals surface area contributed by atoms with Gasteiger partial charge in [0.05, 0.1) is 5.69 Å². The smallest absolute Gasteiger partial charge is 0.136 e. The second-order valence-electron chi connectivity index (χ2n) is 12.5. The highest BCUT2D eigenvalue weighted by atomic mass is 16.3. The number of benzene rings is 9. The van der Waals surface area contributed by atoms with Crippen LogP contribution in [0.5, 0.6) is 0 Å². The molecule has 0 aliphatic heterocycles. The number of rotatable bonds is 4. The molecule has 10 rings (SSSR count). The molecule has 0 N–H and O–H groups in total. The Labute approximate surface area is 277 Å². The zero-order valence-corrected chi connectivity index (χ0v) is 26.1. The van der Waals surface area contributed by atoms with E-state index in [4.69, 9.17) is 4.42 Å². The van der Waals surface area contributed by atoms with Crippen LogP contribution in [0, 0.1) is 0 Å². The van der Waals surface area contributed by atoms with E-state index in [2.05, 4.69) is 175 Å². The van der Waals surface area contributed by atoms with Gasteiger partial charge in [-0.05, 0) is 91.1 Å². The molecule has 0 amide bonds. The Morgan fingerprint density at radius 3 is 1.90 bits per heavy atom. The standard InChI is InChI=1S/C46H29NO/c1-2-10-30(11-3-1)37-13-6-8-16-42(37)47(36-24-22-32-23-27-44-46(41(32)29-36)40-15-7-9-17-43(40)48-44)35-25-26-39-34(28-35)21-20-33-19-18-31-12-4-5-14-38(31)45(33)39/h1-29H. The van der Waals surface area contributed by atoms with Gasteiger partial charge in [0.25, 0.3) is 0 Å². The van der Waals surface area contributed by atoms with E-state index in [9.17, 15) is 0 Å². The number of hydrogen-bond acceptors (Lipinski definition) is 2. The van der Waals surface area contributed by atoms with Crippen molar-refractivity contribution in [3.63, 3.8) is 0 Å². The minimum atomic E-state index is 0.905. The largest absolute Gasteiger partial charge is 0.456 e. The van der Waals surface area contributed by atoms with Crippen LogP contribution in [0.3, 0.4) is 0 Å². The van der Waals surface area contributed by atoms with Gasteiger partial charge in [0.15, 0.2) is 0 Å². The molecule has 48 heavy (non-hydrogen) atoms. The lowest BCUT2D eigenvalue weighted by molar-refractivity contribution is 0.669.